The van der Waals surface area contributed by atoms with Crippen molar-refractivity contribution in [3.63, 3.8) is 0 Å². The third-order valence-electron chi connectivity index (χ3n) is 5.80. The van der Waals surface area contributed by atoms with Gasteiger partial charge >= 0.3 is 0 Å². The molecule has 0 radical (unpaired) electrons. The molecule has 1 unspecified atom stereocenters. The molecule has 1 aliphatic heterocycles. The first kappa shape index (κ1) is 16.5. The summed E-state index contributed by atoms with van der Waals surface area (Å²) < 4.78 is 6.06. The molecule has 2 nitrogen and oxygen atoms in total. The lowest BCUT2D eigenvalue weighted by Crippen LogP contribution is -2.35. The molecule has 2 heteroatoms. The third kappa shape index (κ3) is 3.53. The minimum Gasteiger partial charge on any atom is -0.487 e. The zero-order chi connectivity index (χ0) is 17.2. The second-order valence-corrected chi connectivity index (χ2v) is 7.80. The molecular weight excluding hydrogens is 306 g/mol. The van der Waals surface area contributed by atoms with Gasteiger partial charge in [-0.2, -0.15) is 0 Å². The number of anilines is 1. The average molecular weight is 335 g/mol. The van der Waals surface area contributed by atoms with Gasteiger partial charge in [0.15, 0.2) is 0 Å². The molecule has 1 fully saturated rings. The van der Waals surface area contributed by atoms with Crippen LogP contribution in [0.15, 0.2) is 42.5 Å². The molecule has 2 aromatic rings. The monoisotopic (exact) mass is 335 g/mol. The van der Waals surface area contributed by atoms with Crippen LogP contribution in [0.2, 0.25) is 0 Å². The SMILES string of the molecule is CC1CN(C)c2ccc(-c3ccc(C4CCCCCC4)cc3)cc2O1. The summed E-state index contributed by atoms with van der Waals surface area (Å²) in [6.07, 6.45) is 8.56. The van der Waals surface area contributed by atoms with Gasteiger partial charge in [-0.25, -0.2) is 0 Å². The minimum absolute atomic E-state index is 0.241. The predicted octanol–water partition coefficient (Wildman–Crippen LogP) is 6.01. The number of likely N-dealkylation sites (N-methyl/N-ethyl adjacent to an activating group) is 1. The summed E-state index contributed by atoms with van der Waals surface area (Å²) in [5.41, 5.74) is 5.24. The lowest BCUT2D eigenvalue weighted by molar-refractivity contribution is 0.215. The molecule has 0 amide bonds. The van der Waals surface area contributed by atoms with Gasteiger partial charge < -0.3 is 9.64 Å². The lowest BCUT2D eigenvalue weighted by Gasteiger charge is -2.32. The Balaban J connectivity index is 1.57. The van der Waals surface area contributed by atoms with Crippen molar-refractivity contribution in [3.8, 4) is 16.9 Å². The molecule has 0 N–H and O–H groups in total. The highest BCUT2D eigenvalue weighted by Gasteiger charge is 2.20. The molecule has 0 bridgehead atoms. The number of nitrogens with zero attached hydrogens (tertiary/aromatic N) is 1. The van der Waals surface area contributed by atoms with Crippen molar-refractivity contribution in [1.82, 2.24) is 0 Å². The van der Waals surface area contributed by atoms with Gasteiger partial charge in [-0.3, -0.25) is 0 Å². The van der Waals surface area contributed by atoms with Crippen molar-refractivity contribution < 1.29 is 4.74 Å². The summed E-state index contributed by atoms with van der Waals surface area (Å²) in [6.45, 7) is 3.08. The zero-order valence-electron chi connectivity index (χ0n) is 15.5. The summed E-state index contributed by atoms with van der Waals surface area (Å²) >= 11 is 0. The van der Waals surface area contributed by atoms with E-state index < -0.39 is 0 Å². The smallest absolute Gasteiger partial charge is 0.143 e. The second-order valence-electron chi connectivity index (χ2n) is 7.80. The fourth-order valence-electron chi connectivity index (χ4n) is 4.40. The first-order chi connectivity index (χ1) is 12.2. The van der Waals surface area contributed by atoms with Crippen molar-refractivity contribution in [2.75, 3.05) is 18.5 Å². The fraction of sp³-hybridized carbons (Fsp3) is 0.478. The van der Waals surface area contributed by atoms with Gasteiger partial charge in [0.1, 0.15) is 11.9 Å². The summed E-state index contributed by atoms with van der Waals surface area (Å²) in [4.78, 5) is 2.28. The molecule has 1 aliphatic carbocycles. The Morgan fingerprint density at radius 3 is 2.28 bits per heavy atom. The Bertz CT molecular complexity index is 713. The van der Waals surface area contributed by atoms with Crippen LogP contribution >= 0.6 is 0 Å². The summed E-state index contributed by atoms with van der Waals surface area (Å²) in [5.74, 6) is 1.77. The van der Waals surface area contributed by atoms with Gasteiger partial charge in [-0.15, -0.1) is 0 Å². The van der Waals surface area contributed by atoms with E-state index in [4.69, 9.17) is 4.74 Å². The maximum absolute atomic E-state index is 6.06. The number of hydrogen-bond donors (Lipinski definition) is 0. The molecule has 132 valence electrons. The molecule has 1 atom stereocenters. The Labute approximate surface area is 151 Å². The lowest BCUT2D eigenvalue weighted by atomic mass is 9.90. The highest BCUT2D eigenvalue weighted by molar-refractivity contribution is 5.72. The van der Waals surface area contributed by atoms with Crippen molar-refractivity contribution in [3.05, 3.63) is 48.0 Å². The molecule has 25 heavy (non-hydrogen) atoms. The zero-order valence-corrected chi connectivity index (χ0v) is 15.5. The quantitative estimate of drug-likeness (QED) is 0.623. The Morgan fingerprint density at radius 1 is 0.880 bits per heavy atom. The number of rotatable bonds is 2. The average Bonchev–Trinajstić information content (AvgIpc) is 2.90. The maximum atomic E-state index is 6.06. The normalized spacial score (nSPS) is 21.4. The number of ether oxygens (including phenoxy) is 1. The van der Waals surface area contributed by atoms with Gasteiger partial charge in [0, 0.05) is 7.05 Å². The standard InChI is InChI=1S/C23H29NO/c1-17-16-24(2)22-14-13-21(15-23(22)25-17)20-11-9-19(10-12-20)18-7-5-3-4-6-8-18/h9-15,17-18H,3-8,16H2,1-2H3. The molecule has 2 aliphatic rings. The van der Waals surface area contributed by atoms with Crippen LogP contribution in [0.1, 0.15) is 56.9 Å². The van der Waals surface area contributed by atoms with Crippen LogP contribution in [0.5, 0.6) is 5.75 Å². The van der Waals surface area contributed by atoms with E-state index in [2.05, 4.69) is 61.3 Å². The number of fused-ring (bicyclic) bond motifs is 1. The van der Waals surface area contributed by atoms with Crippen LogP contribution in [0.25, 0.3) is 11.1 Å². The minimum atomic E-state index is 0.241. The number of benzene rings is 2. The van der Waals surface area contributed by atoms with Crippen molar-refractivity contribution in [2.45, 2.75) is 57.5 Å². The number of hydrogen-bond acceptors (Lipinski definition) is 2. The van der Waals surface area contributed by atoms with E-state index in [0.717, 1.165) is 18.2 Å². The first-order valence-electron chi connectivity index (χ1n) is 9.83. The second kappa shape index (κ2) is 7.11. The topological polar surface area (TPSA) is 12.5 Å². The first-order valence-corrected chi connectivity index (χ1v) is 9.83. The molecule has 1 heterocycles. The van der Waals surface area contributed by atoms with Gasteiger partial charge in [0.2, 0.25) is 0 Å². The van der Waals surface area contributed by atoms with E-state index in [1.165, 1.54) is 60.9 Å². The molecule has 4 rings (SSSR count). The van der Waals surface area contributed by atoms with Gasteiger partial charge in [-0.1, -0.05) is 56.0 Å². The van der Waals surface area contributed by atoms with Crippen molar-refractivity contribution >= 4 is 5.69 Å². The molecule has 0 saturated heterocycles. The molecule has 1 saturated carbocycles. The van der Waals surface area contributed by atoms with Gasteiger partial charge in [-0.05, 0) is 54.5 Å². The predicted molar refractivity (Wildman–Crippen MR) is 106 cm³/mol. The van der Waals surface area contributed by atoms with Crippen LogP contribution < -0.4 is 9.64 Å². The van der Waals surface area contributed by atoms with E-state index in [1.807, 2.05) is 0 Å². The summed E-state index contributed by atoms with van der Waals surface area (Å²) in [6, 6.07) is 15.9. The van der Waals surface area contributed by atoms with Crippen LogP contribution in [0.3, 0.4) is 0 Å². The van der Waals surface area contributed by atoms with E-state index in [0.29, 0.717) is 0 Å². The highest BCUT2D eigenvalue weighted by atomic mass is 16.5. The van der Waals surface area contributed by atoms with Gasteiger partial charge in [0.05, 0.1) is 12.2 Å². The van der Waals surface area contributed by atoms with E-state index in [1.54, 1.807) is 0 Å². The van der Waals surface area contributed by atoms with E-state index in [9.17, 15) is 0 Å². The van der Waals surface area contributed by atoms with E-state index in [-0.39, 0.29) is 6.10 Å². The molecule has 0 aromatic heterocycles. The molecule has 0 spiro atoms. The molecule has 2 aromatic carbocycles. The van der Waals surface area contributed by atoms with E-state index >= 15 is 0 Å². The van der Waals surface area contributed by atoms with Gasteiger partial charge in [0.25, 0.3) is 0 Å². The van der Waals surface area contributed by atoms with Crippen LogP contribution in [-0.4, -0.2) is 19.7 Å². The third-order valence-corrected chi connectivity index (χ3v) is 5.80. The highest BCUT2D eigenvalue weighted by Crippen LogP contribution is 2.37. The summed E-state index contributed by atoms with van der Waals surface area (Å²) in [5, 5.41) is 0. The largest absolute Gasteiger partial charge is 0.487 e. The van der Waals surface area contributed by atoms with Crippen LogP contribution in [0.4, 0.5) is 5.69 Å². The van der Waals surface area contributed by atoms with Crippen molar-refractivity contribution in [2.24, 2.45) is 0 Å². The maximum Gasteiger partial charge on any atom is 0.143 e. The van der Waals surface area contributed by atoms with Crippen molar-refractivity contribution in [1.29, 1.82) is 0 Å². The Hall–Kier alpha value is -1.96. The Kier molecular flexibility index (Phi) is 4.70. The molecular formula is C23H29NO. The summed E-state index contributed by atoms with van der Waals surface area (Å²) in [7, 11) is 2.14. The fourth-order valence-corrected chi connectivity index (χ4v) is 4.40. The van der Waals surface area contributed by atoms with Crippen LogP contribution in [-0.2, 0) is 0 Å². The Morgan fingerprint density at radius 2 is 1.56 bits per heavy atom. The van der Waals surface area contributed by atoms with Crippen LogP contribution in [0, 0.1) is 0 Å².